The highest BCUT2D eigenvalue weighted by molar-refractivity contribution is 6.30. The predicted octanol–water partition coefficient (Wildman–Crippen LogP) is 5.03. The summed E-state index contributed by atoms with van der Waals surface area (Å²) in [5.41, 5.74) is 10.4. The van der Waals surface area contributed by atoms with Gasteiger partial charge in [-0.15, -0.1) is 0 Å². The van der Waals surface area contributed by atoms with Gasteiger partial charge in [0.15, 0.2) is 0 Å². The minimum absolute atomic E-state index is 0.0508. The molecule has 0 unspecified atom stereocenters. The summed E-state index contributed by atoms with van der Waals surface area (Å²) in [6, 6.07) is 20.7. The molecule has 4 rings (SSSR count). The number of hydrogen-bond acceptors (Lipinski definition) is 4. The first-order valence-corrected chi connectivity index (χ1v) is 11.2. The molecule has 1 aliphatic heterocycles. The van der Waals surface area contributed by atoms with Crippen molar-refractivity contribution in [2.24, 2.45) is 5.92 Å². The number of nitrogens with one attached hydrogen (secondary N) is 2. The van der Waals surface area contributed by atoms with E-state index in [9.17, 15) is 9.59 Å². The Morgan fingerprint density at radius 2 is 1.82 bits per heavy atom. The van der Waals surface area contributed by atoms with Gasteiger partial charge in [-0.3, -0.25) is 20.4 Å². The maximum Gasteiger partial charge on any atom is 0.243 e. The van der Waals surface area contributed by atoms with Gasteiger partial charge in [-0.1, -0.05) is 41.9 Å². The van der Waals surface area contributed by atoms with Crippen molar-refractivity contribution in [3.63, 3.8) is 0 Å². The smallest absolute Gasteiger partial charge is 0.243 e. The molecule has 0 radical (unpaired) electrons. The van der Waals surface area contributed by atoms with E-state index >= 15 is 0 Å². The van der Waals surface area contributed by atoms with Crippen molar-refractivity contribution in [3.8, 4) is 5.75 Å². The van der Waals surface area contributed by atoms with E-state index in [0.717, 1.165) is 16.8 Å². The Morgan fingerprint density at radius 3 is 2.58 bits per heavy atom. The summed E-state index contributed by atoms with van der Waals surface area (Å²) in [7, 11) is 0. The maximum absolute atomic E-state index is 12.8. The molecular weight excluding hydrogens is 438 g/mol. The van der Waals surface area contributed by atoms with Gasteiger partial charge >= 0.3 is 0 Å². The van der Waals surface area contributed by atoms with Gasteiger partial charge in [0.2, 0.25) is 11.8 Å². The summed E-state index contributed by atoms with van der Waals surface area (Å²) in [6.45, 7) is 4.76. The molecule has 1 fully saturated rings. The first kappa shape index (κ1) is 22.7. The summed E-state index contributed by atoms with van der Waals surface area (Å²) in [4.78, 5) is 27.0. The third-order valence-electron chi connectivity index (χ3n) is 5.81. The second-order valence-electron chi connectivity index (χ2n) is 8.20. The van der Waals surface area contributed by atoms with Gasteiger partial charge in [0.1, 0.15) is 12.4 Å². The molecule has 6 nitrogen and oxygen atoms in total. The van der Waals surface area contributed by atoms with Crippen LogP contribution >= 0.6 is 11.6 Å². The van der Waals surface area contributed by atoms with Crippen molar-refractivity contribution >= 4 is 34.8 Å². The van der Waals surface area contributed by atoms with Crippen molar-refractivity contribution < 1.29 is 14.3 Å². The van der Waals surface area contributed by atoms with Crippen LogP contribution in [0.2, 0.25) is 5.02 Å². The molecule has 1 saturated heterocycles. The van der Waals surface area contributed by atoms with Crippen LogP contribution in [0.1, 0.15) is 23.1 Å². The number of carbonyl (C=O) groups excluding carboxylic acids is 2. The van der Waals surface area contributed by atoms with E-state index in [1.807, 2.05) is 80.6 Å². The Labute approximate surface area is 198 Å². The van der Waals surface area contributed by atoms with Crippen LogP contribution in [0.3, 0.4) is 0 Å². The Kier molecular flexibility index (Phi) is 6.84. The number of anilines is 2. The van der Waals surface area contributed by atoms with Gasteiger partial charge in [0.05, 0.1) is 11.6 Å². The average Bonchev–Trinajstić information content (AvgIpc) is 3.21. The molecule has 3 aromatic rings. The minimum atomic E-state index is -0.436. The van der Waals surface area contributed by atoms with E-state index in [2.05, 4.69) is 10.9 Å². The van der Waals surface area contributed by atoms with Crippen LogP contribution in [-0.4, -0.2) is 18.4 Å². The van der Waals surface area contributed by atoms with E-state index in [4.69, 9.17) is 16.3 Å². The monoisotopic (exact) mass is 463 g/mol. The fraction of sp³-hybridized carbons (Fsp3) is 0.231. The molecule has 0 aromatic heterocycles. The van der Waals surface area contributed by atoms with Crippen LogP contribution in [0.15, 0.2) is 66.7 Å². The van der Waals surface area contributed by atoms with Crippen molar-refractivity contribution in [2.45, 2.75) is 26.9 Å². The van der Waals surface area contributed by atoms with E-state index in [-0.39, 0.29) is 18.2 Å². The summed E-state index contributed by atoms with van der Waals surface area (Å²) < 4.78 is 5.91. The highest BCUT2D eigenvalue weighted by Crippen LogP contribution is 2.28. The largest absolute Gasteiger partial charge is 0.487 e. The number of halogens is 1. The van der Waals surface area contributed by atoms with Crippen molar-refractivity contribution in [2.75, 3.05) is 16.9 Å². The van der Waals surface area contributed by atoms with E-state index in [0.29, 0.717) is 29.6 Å². The highest BCUT2D eigenvalue weighted by Gasteiger charge is 2.35. The minimum Gasteiger partial charge on any atom is -0.487 e. The first-order valence-electron chi connectivity index (χ1n) is 10.8. The van der Waals surface area contributed by atoms with Gasteiger partial charge in [-0.05, 0) is 66.9 Å². The van der Waals surface area contributed by atoms with Crippen molar-refractivity contribution in [1.29, 1.82) is 0 Å². The van der Waals surface area contributed by atoms with Crippen LogP contribution in [0.25, 0.3) is 0 Å². The quantitative estimate of drug-likeness (QED) is 0.482. The van der Waals surface area contributed by atoms with Crippen LogP contribution in [0.4, 0.5) is 11.4 Å². The predicted molar refractivity (Wildman–Crippen MR) is 130 cm³/mol. The molecule has 0 spiro atoms. The van der Waals surface area contributed by atoms with Gasteiger partial charge in [0, 0.05) is 23.7 Å². The number of amides is 2. The molecule has 0 saturated carbocycles. The molecule has 2 amide bonds. The van der Waals surface area contributed by atoms with Crippen molar-refractivity contribution in [3.05, 3.63) is 88.4 Å². The molecule has 3 aromatic carbocycles. The summed E-state index contributed by atoms with van der Waals surface area (Å²) >= 11 is 5.93. The normalized spacial score (nSPS) is 15.4. The average molecular weight is 464 g/mol. The number of hydrazine groups is 1. The van der Waals surface area contributed by atoms with Gasteiger partial charge in [-0.25, -0.2) is 0 Å². The zero-order valence-electron chi connectivity index (χ0n) is 18.6. The SMILES string of the molecule is Cc1ccc(N2C[C@H](C(=O)NNc3ccccc3OCc3ccc(Cl)cc3)CC2=O)cc1C. The van der Waals surface area contributed by atoms with Gasteiger partial charge < -0.3 is 9.64 Å². The fourth-order valence-electron chi connectivity index (χ4n) is 3.69. The standard InChI is InChI=1S/C26H26ClN3O3/c1-17-7-12-22(13-18(17)2)30-15-20(14-25(30)31)26(32)29-28-23-5-3-4-6-24(23)33-16-19-8-10-21(27)11-9-19/h3-13,20,28H,14-16H2,1-2H3,(H,29,32)/t20-/m1/s1. The number of benzene rings is 3. The van der Waals surface area contributed by atoms with Gasteiger partial charge in [-0.2, -0.15) is 0 Å². The Bertz CT molecular complexity index is 1160. The highest BCUT2D eigenvalue weighted by atomic mass is 35.5. The Balaban J connectivity index is 1.35. The summed E-state index contributed by atoms with van der Waals surface area (Å²) in [5, 5.41) is 0.671. The summed E-state index contributed by atoms with van der Waals surface area (Å²) in [5.74, 6) is -0.118. The second-order valence-corrected chi connectivity index (χ2v) is 8.64. The Morgan fingerprint density at radius 1 is 1.06 bits per heavy atom. The molecule has 1 atom stereocenters. The number of para-hydroxylation sites is 2. The number of hydrogen-bond donors (Lipinski definition) is 2. The van der Waals surface area contributed by atoms with E-state index in [1.165, 1.54) is 5.56 Å². The van der Waals surface area contributed by atoms with Crippen molar-refractivity contribution in [1.82, 2.24) is 5.43 Å². The number of nitrogens with zero attached hydrogens (tertiary/aromatic N) is 1. The van der Waals surface area contributed by atoms with Crippen LogP contribution < -0.4 is 20.5 Å². The molecule has 1 aliphatic rings. The number of rotatable bonds is 7. The van der Waals surface area contributed by atoms with Crippen LogP contribution in [-0.2, 0) is 16.2 Å². The fourth-order valence-corrected chi connectivity index (χ4v) is 3.82. The second kappa shape index (κ2) is 9.96. The molecule has 0 bridgehead atoms. The lowest BCUT2D eigenvalue weighted by Gasteiger charge is -2.18. The lowest BCUT2D eigenvalue weighted by molar-refractivity contribution is -0.125. The van der Waals surface area contributed by atoms with Gasteiger partial charge in [0.25, 0.3) is 0 Å². The molecule has 2 N–H and O–H groups in total. The Hall–Kier alpha value is -3.51. The topological polar surface area (TPSA) is 70.7 Å². The van der Waals surface area contributed by atoms with E-state index < -0.39 is 5.92 Å². The number of aryl methyl sites for hydroxylation is 2. The number of carbonyl (C=O) groups is 2. The molecule has 7 heteroatoms. The molecular formula is C26H26ClN3O3. The molecule has 0 aliphatic carbocycles. The lowest BCUT2D eigenvalue weighted by Crippen LogP contribution is -2.36. The third-order valence-corrected chi connectivity index (χ3v) is 6.06. The maximum atomic E-state index is 12.8. The van der Waals surface area contributed by atoms with Crippen LogP contribution in [0.5, 0.6) is 5.75 Å². The third kappa shape index (κ3) is 5.46. The molecule has 170 valence electrons. The number of ether oxygens (including phenoxy) is 1. The van der Waals surface area contributed by atoms with Crippen LogP contribution in [0, 0.1) is 19.8 Å². The zero-order valence-corrected chi connectivity index (χ0v) is 19.4. The first-order chi connectivity index (χ1) is 15.9. The summed E-state index contributed by atoms with van der Waals surface area (Å²) in [6.07, 6.45) is 0.176. The van der Waals surface area contributed by atoms with E-state index in [1.54, 1.807) is 4.90 Å². The molecule has 33 heavy (non-hydrogen) atoms. The lowest BCUT2D eigenvalue weighted by atomic mass is 10.1. The zero-order chi connectivity index (χ0) is 23.4. The molecule has 1 heterocycles.